The summed E-state index contributed by atoms with van der Waals surface area (Å²) < 4.78 is 1.98. The molecule has 86 valence electrons. The lowest BCUT2D eigenvalue weighted by molar-refractivity contribution is 0.250. The van der Waals surface area contributed by atoms with Gasteiger partial charge in [-0.15, -0.1) is 11.8 Å². The van der Waals surface area contributed by atoms with Crippen LogP contribution in [0.25, 0.3) is 11.0 Å². The Morgan fingerprint density at radius 3 is 3.06 bits per heavy atom. The molecule has 5 heteroatoms. The molecule has 4 nitrogen and oxygen atoms in total. The zero-order valence-electron chi connectivity index (χ0n) is 9.42. The Bertz CT molecular complexity index is 483. The molecule has 0 aliphatic carbocycles. The van der Waals surface area contributed by atoms with E-state index in [2.05, 4.69) is 9.97 Å². The van der Waals surface area contributed by atoms with E-state index in [4.69, 9.17) is 5.11 Å². The number of aryl methyl sites for hydroxylation is 1. The average Bonchev–Trinajstić information content (AvgIpc) is 2.69. The van der Waals surface area contributed by atoms with Gasteiger partial charge in [-0.25, -0.2) is 9.97 Å². The molecule has 2 aromatic heterocycles. The Morgan fingerprint density at radius 1 is 1.50 bits per heavy atom. The third kappa shape index (κ3) is 2.20. The standard InChI is InChI=1S/C11H15N3OS/c1-8(5-15)6-16-11-10-9(3-4-12-11)14(2)7-13-10/h3-4,7-8,15H,5-6H2,1-2H3. The van der Waals surface area contributed by atoms with Gasteiger partial charge in [0.1, 0.15) is 10.5 Å². The highest BCUT2D eigenvalue weighted by atomic mass is 32.2. The topological polar surface area (TPSA) is 50.9 Å². The number of imidazole rings is 1. The van der Waals surface area contributed by atoms with Gasteiger partial charge in [-0.3, -0.25) is 0 Å². The first kappa shape index (κ1) is 11.4. The van der Waals surface area contributed by atoms with Gasteiger partial charge in [0.15, 0.2) is 0 Å². The van der Waals surface area contributed by atoms with Crippen molar-refractivity contribution in [2.24, 2.45) is 13.0 Å². The van der Waals surface area contributed by atoms with E-state index in [1.54, 1.807) is 24.3 Å². The smallest absolute Gasteiger partial charge is 0.124 e. The van der Waals surface area contributed by atoms with Gasteiger partial charge in [0.25, 0.3) is 0 Å². The first-order chi connectivity index (χ1) is 7.72. The number of hydrogen-bond acceptors (Lipinski definition) is 4. The predicted molar refractivity (Wildman–Crippen MR) is 65.5 cm³/mol. The van der Waals surface area contributed by atoms with Crippen LogP contribution in [0, 0.1) is 5.92 Å². The zero-order valence-corrected chi connectivity index (χ0v) is 10.2. The van der Waals surface area contributed by atoms with Crippen molar-refractivity contribution in [1.29, 1.82) is 0 Å². The highest BCUT2D eigenvalue weighted by molar-refractivity contribution is 7.99. The summed E-state index contributed by atoms with van der Waals surface area (Å²) in [6, 6.07) is 1.96. The number of pyridine rings is 1. The van der Waals surface area contributed by atoms with Crippen molar-refractivity contribution in [1.82, 2.24) is 14.5 Å². The van der Waals surface area contributed by atoms with Crippen molar-refractivity contribution in [3.63, 3.8) is 0 Å². The fourth-order valence-corrected chi connectivity index (χ4v) is 2.39. The van der Waals surface area contributed by atoms with Crippen molar-refractivity contribution in [2.45, 2.75) is 11.9 Å². The first-order valence-electron chi connectivity index (χ1n) is 5.22. The summed E-state index contributed by atoms with van der Waals surface area (Å²) in [7, 11) is 1.97. The van der Waals surface area contributed by atoms with E-state index >= 15 is 0 Å². The average molecular weight is 237 g/mol. The van der Waals surface area contributed by atoms with E-state index in [1.165, 1.54) is 0 Å². The first-order valence-corrected chi connectivity index (χ1v) is 6.20. The quantitative estimate of drug-likeness (QED) is 0.822. The van der Waals surface area contributed by atoms with Crippen LogP contribution in [0.1, 0.15) is 6.92 Å². The number of aromatic nitrogens is 3. The molecule has 2 aromatic rings. The third-order valence-electron chi connectivity index (χ3n) is 2.43. The number of aliphatic hydroxyl groups excluding tert-OH is 1. The third-order valence-corrected chi connectivity index (χ3v) is 3.73. The molecule has 0 amide bonds. The van der Waals surface area contributed by atoms with Crippen molar-refractivity contribution < 1.29 is 5.11 Å². The number of thioether (sulfide) groups is 1. The second kappa shape index (κ2) is 4.84. The fraction of sp³-hybridized carbons (Fsp3) is 0.455. The molecule has 0 saturated carbocycles. The molecule has 1 N–H and O–H groups in total. The van der Waals surface area contributed by atoms with Gasteiger partial charge in [0, 0.05) is 25.6 Å². The zero-order chi connectivity index (χ0) is 11.5. The minimum atomic E-state index is 0.213. The van der Waals surface area contributed by atoms with E-state index < -0.39 is 0 Å². The Balaban J connectivity index is 2.24. The minimum Gasteiger partial charge on any atom is -0.396 e. The van der Waals surface area contributed by atoms with Crippen LogP contribution in [0.2, 0.25) is 0 Å². The van der Waals surface area contributed by atoms with Gasteiger partial charge < -0.3 is 9.67 Å². The lowest BCUT2D eigenvalue weighted by Gasteiger charge is -2.06. The highest BCUT2D eigenvalue weighted by Gasteiger charge is 2.09. The number of fused-ring (bicyclic) bond motifs is 1. The van der Waals surface area contributed by atoms with Gasteiger partial charge in [-0.05, 0) is 12.0 Å². The van der Waals surface area contributed by atoms with Crippen LogP contribution in [0.4, 0.5) is 0 Å². The maximum Gasteiger partial charge on any atom is 0.124 e. The molecule has 0 aliphatic heterocycles. The van der Waals surface area contributed by atoms with Crippen molar-refractivity contribution in [3.05, 3.63) is 18.6 Å². The Morgan fingerprint density at radius 2 is 2.31 bits per heavy atom. The second-order valence-electron chi connectivity index (χ2n) is 3.94. The van der Waals surface area contributed by atoms with Gasteiger partial charge in [-0.1, -0.05) is 6.92 Å². The molecule has 0 aliphatic rings. The summed E-state index contributed by atoms with van der Waals surface area (Å²) in [5.41, 5.74) is 2.04. The van der Waals surface area contributed by atoms with Crippen LogP contribution < -0.4 is 0 Å². The highest BCUT2D eigenvalue weighted by Crippen LogP contribution is 2.25. The second-order valence-corrected chi connectivity index (χ2v) is 4.95. The Labute approximate surface area is 98.7 Å². The summed E-state index contributed by atoms with van der Waals surface area (Å²) in [6.45, 7) is 2.23. The molecule has 0 aromatic carbocycles. The number of rotatable bonds is 4. The van der Waals surface area contributed by atoms with E-state index in [0.717, 1.165) is 21.8 Å². The van der Waals surface area contributed by atoms with Gasteiger partial charge >= 0.3 is 0 Å². The predicted octanol–water partition coefficient (Wildman–Crippen LogP) is 1.69. The molecule has 0 fully saturated rings. The van der Waals surface area contributed by atoms with Crippen molar-refractivity contribution in [2.75, 3.05) is 12.4 Å². The Kier molecular flexibility index (Phi) is 3.46. The van der Waals surface area contributed by atoms with Crippen molar-refractivity contribution in [3.8, 4) is 0 Å². The normalized spacial score (nSPS) is 13.2. The summed E-state index contributed by atoms with van der Waals surface area (Å²) in [4.78, 5) is 8.67. The number of nitrogens with zero attached hydrogens (tertiary/aromatic N) is 3. The maximum atomic E-state index is 8.98. The number of aliphatic hydroxyl groups is 1. The number of hydrogen-bond donors (Lipinski definition) is 1. The van der Waals surface area contributed by atoms with Crippen LogP contribution in [-0.2, 0) is 7.05 Å². The molecular formula is C11H15N3OS. The van der Waals surface area contributed by atoms with Gasteiger partial charge in [0.2, 0.25) is 0 Å². The van der Waals surface area contributed by atoms with Gasteiger partial charge in [-0.2, -0.15) is 0 Å². The molecule has 2 rings (SSSR count). The lowest BCUT2D eigenvalue weighted by Crippen LogP contribution is -2.03. The lowest BCUT2D eigenvalue weighted by atomic mass is 10.2. The maximum absolute atomic E-state index is 8.98. The molecular weight excluding hydrogens is 222 g/mol. The molecule has 1 unspecified atom stereocenters. The van der Waals surface area contributed by atoms with E-state index in [0.29, 0.717) is 0 Å². The van der Waals surface area contributed by atoms with Crippen LogP contribution in [0.5, 0.6) is 0 Å². The monoisotopic (exact) mass is 237 g/mol. The largest absolute Gasteiger partial charge is 0.396 e. The summed E-state index contributed by atoms with van der Waals surface area (Å²) in [6.07, 6.45) is 3.60. The minimum absolute atomic E-state index is 0.213. The van der Waals surface area contributed by atoms with Gasteiger partial charge in [0.05, 0.1) is 11.8 Å². The Hall–Kier alpha value is -1.07. The van der Waals surface area contributed by atoms with Crippen LogP contribution >= 0.6 is 11.8 Å². The SMILES string of the molecule is CC(CO)CSc1nccc2c1ncn2C. The summed E-state index contributed by atoms with van der Waals surface area (Å²) >= 11 is 1.65. The molecule has 0 bridgehead atoms. The van der Waals surface area contributed by atoms with Crippen LogP contribution in [0.15, 0.2) is 23.6 Å². The fourth-order valence-electron chi connectivity index (χ4n) is 1.42. The summed E-state index contributed by atoms with van der Waals surface area (Å²) in [5.74, 6) is 1.14. The van der Waals surface area contributed by atoms with Crippen LogP contribution in [-0.4, -0.2) is 32.0 Å². The summed E-state index contributed by atoms with van der Waals surface area (Å²) in [5, 5.41) is 9.92. The molecule has 2 heterocycles. The van der Waals surface area contributed by atoms with E-state index in [1.807, 2.05) is 24.6 Å². The molecule has 16 heavy (non-hydrogen) atoms. The van der Waals surface area contributed by atoms with Crippen molar-refractivity contribution >= 4 is 22.8 Å². The molecule has 0 radical (unpaired) electrons. The molecule has 0 saturated heterocycles. The molecule has 1 atom stereocenters. The van der Waals surface area contributed by atoms with E-state index in [-0.39, 0.29) is 12.5 Å². The van der Waals surface area contributed by atoms with E-state index in [9.17, 15) is 0 Å². The molecule has 0 spiro atoms. The van der Waals surface area contributed by atoms with Crippen LogP contribution in [0.3, 0.4) is 0 Å².